The monoisotopic (exact) mass is 348 g/mol. The van der Waals surface area contributed by atoms with Crippen LogP contribution in [0.4, 0.5) is 5.69 Å². The molecule has 0 aliphatic rings. The van der Waals surface area contributed by atoms with Gasteiger partial charge in [-0.25, -0.2) is 8.42 Å². The summed E-state index contributed by atoms with van der Waals surface area (Å²) in [4.78, 5) is 12.1. The summed E-state index contributed by atoms with van der Waals surface area (Å²) in [5, 5.41) is 2.64. The second kappa shape index (κ2) is 7.35. The number of methoxy groups -OCH3 is 1. The number of hydrogen-bond donors (Lipinski definition) is 2. The Bertz CT molecular complexity index is 847. The maximum atomic E-state index is 12.6. The minimum absolute atomic E-state index is 0.00666. The summed E-state index contributed by atoms with van der Waals surface area (Å²) in [6.45, 7) is 4.02. The Morgan fingerprint density at radius 3 is 2.50 bits per heavy atom. The smallest absolute Gasteiger partial charge is 0.261 e. The Hall–Kier alpha value is -2.54. The average molecular weight is 348 g/mol. The van der Waals surface area contributed by atoms with E-state index in [1.807, 2.05) is 19.1 Å². The number of nitrogens with one attached hydrogen (secondary N) is 2. The Labute approximate surface area is 141 Å². The van der Waals surface area contributed by atoms with Crippen LogP contribution in [0.25, 0.3) is 0 Å². The van der Waals surface area contributed by atoms with Crippen molar-refractivity contribution in [3.8, 4) is 5.75 Å². The summed E-state index contributed by atoms with van der Waals surface area (Å²) in [6, 6.07) is 11.3. The standard InChI is InChI=1S/C17H20N2O4S/c1-4-18-17(20)14-11-13(9-10-16(14)23-3)24(21,22)19-15-8-6-5-7-12(15)2/h5-11,19H,4H2,1-3H3,(H,18,20). The largest absolute Gasteiger partial charge is 0.496 e. The molecular weight excluding hydrogens is 328 g/mol. The van der Waals surface area contributed by atoms with Gasteiger partial charge in [0.15, 0.2) is 0 Å². The van der Waals surface area contributed by atoms with Crippen LogP contribution in [0.3, 0.4) is 0 Å². The molecule has 0 fully saturated rings. The van der Waals surface area contributed by atoms with E-state index in [0.717, 1.165) is 5.56 Å². The molecule has 0 bridgehead atoms. The SMILES string of the molecule is CCNC(=O)c1cc(S(=O)(=O)Nc2ccccc2C)ccc1OC. The second-order valence-corrected chi connectivity index (χ2v) is 6.82. The minimum Gasteiger partial charge on any atom is -0.496 e. The van der Waals surface area contributed by atoms with E-state index in [2.05, 4.69) is 10.0 Å². The van der Waals surface area contributed by atoms with Crippen molar-refractivity contribution in [3.63, 3.8) is 0 Å². The van der Waals surface area contributed by atoms with E-state index in [9.17, 15) is 13.2 Å². The first-order valence-electron chi connectivity index (χ1n) is 7.43. The van der Waals surface area contributed by atoms with Gasteiger partial charge in [0.25, 0.3) is 15.9 Å². The molecule has 0 radical (unpaired) electrons. The first-order chi connectivity index (χ1) is 11.4. The molecule has 0 aromatic heterocycles. The summed E-state index contributed by atoms with van der Waals surface area (Å²) in [6.07, 6.45) is 0. The van der Waals surface area contributed by atoms with Crippen LogP contribution in [0.2, 0.25) is 0 Å². The maximum absolute atomic E-state index is 12.6. The van der Waals surface area contributed by atoms with Gasteiger partial charge in [0, 0.05) is 6.54 Å². The molecule has 2 aromatic rings. The number of aryl methyl sites for hydroxylation is 1. The fourth-order valence-electron chi connectivity index (χ4n) is 2.18. The lowest BCUT2D eigenvalue weighted by Crippen LogP contribution is -2.24. The van der Waals surface area contributed by atoms with Crippen molar-refractivity contribution in [2.24, 2.45) is 0 Å². The molecule has 0 unspecified atom stereocenters. The van der Waals surface area contributed by atoms with Crippen LogP contribution in [0.1, 0.15) is 22.8 Å². The lowest BCUT2D eigenvalue weighted by atomic mass is 10.2. The number of para-hydroxylation sites is 1. The average Bonchev–Trinajstić information content (AvgIpc) is 2.56. The second-order valence-electron chi connectivity index (χ2n) is 5.14. The quantitative estimate of drug-likeness (QED) is 0.840. The lowest BCUT2D eigenvalue weighted by Gasteiger charge is -2.13. The number of sulfonamides is 1. The van der Waals surface area contributed by atoms with Crippen LogP contribution in [-0.2, 0) is 10.0 Å². The molecule has 128 valence electrons. The van der Waals surface area contributed by atoms with E-state index in [1.54, 1.807) is 19.1 Å². The molecule has 1 amide bonds. The highest BCUT2D eigenvalue weighted by atomic mass is 32.2. The molecular formula is C17H20N2O4S. The van der Waals surface area contributed by atoms with Gasteiger partial charge in [-0.1, -0.05) is 18.2 Å². The number of hydrogen-bond acceptors (Lipinski definition) is 4. The lowest BCUT2D eigenvalue weighted by molar-refractivity contribution is 0.0952. The molecule has 2 N–H and O–H groups in total. The third-order valence-electron chi connectivity index (χ3n) is 3.45. The van der Waals surface area contributed by atoms with Crippen LogP contribution in [0.5, 0.6) is 5.75 Å². The van der Waals surface area contributed by atoms with E-state index in [0.29, 0.717) is 18.0 Å². The van der Waals surface area contributed by atoms with Crippen molar-refractivity contribution in [2.45, 2.75) is 18.7 Å². The summed E-state index contributed by atoms with van der Waals surface area (Å²) in [5.41, 5.74) is 1.47. The number of carbonyl (C=O) groups is 1. The first-order valence-corrected chi connectivity index (χ1v) is 8.92. The predicted molar refractivity (Wildman–Crippen MR) is 93.0 cm³/mol. The van der Waals surface area contributed by atoms with Gasteiger partial charge in [0.05, 0.1) is 23.3 Å². The molecule has 0 saturated heterocycles. The predicted octanol–water partition coefficient (Wildman–Crippen LogP) is 2.55. The molecule has 24 heavy (non-hydrogen) atoms. The van der Waals surface area contributed by atoms with Crippen molar-refractivity contribution in [3.05, 3.63) is 53.6 Å². The molecule has 0 aliphatic heterocycles. The molecule has 0 aliphatic carbocycles. The Balaban J connectivity index is 2.42. The summed E-state index contributed by atoms with van der Waals surface area (Å²) >= 11 is 0. The highest BCUT2D eigenvalue weighted by Crippen LogP contribution is 2.25. The van der Waals surface area contributed by atoms with Crippen LogP contribution in [0.15, 0.2) is 47.4 Å². The normalized spacial score (nSPS) is 11.0. The number of amides is 1. The van der Waals surface area contributed by atoms with E-state index >= 15 is 0 Å². The van der Waals surface area contributed by atoms with E-state index < -0.39 is 10.0 Å². The Morgan fingerprint density at radius 1 is 1.17 bits per heavy atom. The number of ether oxygens (including phenoxy) is 1. The molecule has 6 nitrogen and oxygen atoms in total. The molecule has 2 rings (SSSR count). The molecule has 2 aromatic carbocycles. The van der Waals surface area contributed by atoms with E-state index in [4.69, 9.17) is 4.74 Å². The van der Waals surface area contributed by atoms with E-state index in [1.165, 1.54) is 25.3 Å². The van der Waals surface area contributed by atoms with Gasteiger partial charge in [0.2, 0.25) is 0 Å². The van der Waals surface area contributed by atoms with Gasteiger partial charge >= 0.3 is 0 Å². The Morgan fingerprint density at radius 2 is 1.88 bits per heavy atom. The van der Waals surface area contributed by atoms with Crippen LogP contribution >= 0.6 is 0 Å². The van der Waals surface area contributed by atoms with Gasteiger partial charge < -0.3 is 10.1 Å². The molecule has 7 heteroatoms. The molecule has 0 spiro atoms. The zero-order valence-corrected chi connectivity index (χ0v) is 14.6. The van der Waals surface area contributed by atoms with Crippen LogP contribution in [-0.4, -0.2) is 28.0 Å². The van der Waals surface area contributed by atoms with Crippen molar-refractivity contribution < 1.29 is 17.9 Å². The van der Waals surface area contributed by atoms with Gasteiger partial charge in [0.1, 0.15) is 5.75 Å². The maximum Gasteiger partial charge on any atom is 0.261 e. The Kier molecular flexibility index (Phi) is 5.46. The summed E-state index contributed by atoms with van der Waals surface area (Å²) in [5.74, 6) is -0.0712. The fourth-order valence-corrected chi connectivity index (χ4v) is 3.34. The summed E-state index contributed by atoms with van der Waals surface area (Å²) in [7, 11) is -2.39. The summed E-state index contributed by atoms with van der Waals surface area (Å²) < 4.78 is 32.9. The third kappa shape index (κ3) is 3.86. The van der Waals surface area contributed by atoms with Crippen molar-refractivity contribution in [1.29, 1.82) is 0 Å². The molecule has 0 saturated carbocycles. The van der Waals surface area contributed by atoms with Gasteiger partial charge in [-0.05, 0) is 43.7 Å². The van der Waals surface area contributed by atoms with Crippen molar-refractivity contribution >= 4 is 21.6 Å². The highest BCUT2D eigenvalue weighted by Gasteiger charge is 2.20. The number of rotatable bonds is 6. The molecule has 0 atom stereocenters. The van der Waals surface area contributed by atoms with Crippen molar-refractivity contribution in [2.75, 3.05) is 18.4 Å². The molecule has 0 heterocycles. The minimum atomic E-state index is -3.82. The zero-order valence-electron chi connectivity index (χ0n) is 13.8. The fraction of sp³-hybridized carbons (Fsp3) is 0.235. The number of carbonyl (C=O) groups excluding carboxylic acids is 1. The van der Waals surface area contributed by atoms with Gasteiger partial charge in [-0.2, -0.15) is 0 Å². The first kappa shape index (κ1) is 17.8. The highest BCUT2D eigenvalue weighted by molar-refractivity contribution is 7.92. The van der Waals surface area contributed by atoms with Gasteiger partial charge in [-0.15, -0.1) is 0 Å². The topological polar surface area (TPSA) is 84.5 Å². The number of benzene rings is 2. The number of anilines is 1. The third-order valence-corrected chi connectivity index (χ3v) is 4.82. The van der Waals surface area contributed by atoms with E-state index in [-0.39, 0.29) is 16.4 Å². The van der Waals surface area contributed by atoms with Crippen molar-refractivity contribution in [1.82, 2.24) is 5.32 Å². The van der Waals surface area contributed by atoms with Crippen LogP contribution < -0.4 is 14.8 Å². The van der Waals surface area contributed by atoms with Gasteiger partial charge in [-0.3, -0.25) is 9.52 Å². The zero-order chi connectivity index (χ0) is 17.7. The van der Waals surface area contributed by atoms with Crippen LogP contribution in [0, 0.1) is 6.92 Å².